The average molecular weight is 279 g/mol. The third-order valence-corrected chi connectivity index (χ3v) is 3.77. The van der Waals surface area contributed by atoms with Crippen molar-refractivity contribution >= 4 is 34.2 Å². The lowest BCUT2D eigenvalue weighted by Crippen LogP contribution is -1.84. The van der Waals surface area contributed by atoms with E-state index < -0.39 is 0 Å². The second kappa shape index (κ2) is 4.25. The van der Waals surface area contributed by atoms with Crippen LogP contribution in [0.2, 0.25) is 0 Å². The summed E-state index contributed by atoms with van der Waals surface area (Å²) in [5.41, 5.74) is 4.25. The Kier molecular flexibility index (Phi) is 2.40. The number of H-pyrrole nitrogens is 1. The average Bonchev–Trinajstić information content (AvgIpc) is 2.97. The molecule has 0 aliphatic heterocycles. The van der Waals surface area contributed by atoms with Crippen LogP contribution >= 0.6 is 12.2 Å². The van der Waals surface area contributed by atoms with E-state index in [0.717, 1.165) is 37.6 Å². The molecule has 0 bridgehead atoms. The molecule has 0 fully saturated rings. The van der Waals surface area contributed by atoms with E-state index in [1.165, 1.54) is 0 Å². The van der Waals surface area contributed by atoms with Gasteiger partial charge in [0.2, 0.25) is 0 Å². The summed E-state index contributed by atoms with van der Waals surface area (Å²) in [5.74, 6) is 0. The molecular weight excluding hydrogens is 270 g/mol. The number of nitrogens with zero attached hydrogens (tertiary/aromatic N) is 2. The van der Waals surface area contributed by atoms with Crippen LogP contribution in [-0.4, -0.2) is 15.4 Å². The molecule has 2 aromatic heterocycles. The molecule has 2 heterocycles. The summed E-state index contributed by atoms with van der Waals surface area (Å²) < 4.78 is 6.44. The Morgan fingerprint density at radius 3 is 2.85 bits per heavy atom. The molecule has 0 saturated carbocycles. The minimum atomic E-state index is 0.766. The monoisotopic (exact) mass is 279 g/mol. The van der Waals surface area contributed by atoms with E-state index in [0.29, 0.717) is 0 Å². The van der Waals surface area contributed by atoms with Gasteiger partial charge in [0.05, 0.1) is 10.0 Å². The quantitative estimate of drug-likeness (QED) is 0.533. The zero-order chi connectivity index (χ0) is 13.5. The van der Waals surface area contributed by atoms with E-state index in [4.69, 9.17) is 16.6 Å². The molecule has 96 valence electrons. The standard InChI is InChI=1S/C15H9N3OS/c20-15-10-4-1-2-7-13(10)19-8-11(15)9-5-3-6-12-14(9)17-18-16-12/h1-8H,(H,16,17,18). The van der Waals surface area contributed by atoms with Crippen LogP contribution in [0.4, 0.5) is 0 Å². The number of para-hydroxylation sites is 1. The minimum absolute atomic E-state index is 0.766. The Morgan fingerprint density at radius 2 is 1.90 bits per heavy atom. The van der Waals surface area contributed by atoms with Crippen molar-refractivity contribution in [2.24, 2.45) is 0 Å². The molecule has 4 rings (SSSR count). The summed E-state index contributed by atoms with van der Waals surface area (Å²) in [6.07, 6.45) is 1.69. The summed E-state index contributed by atoms with van der Waals surface area (Å²) in [7, 11) is 0. The molecule has 0 amide bonds. The molecule has 1 N–H and O–H groups in total. The first-order valence-corrected chi connectivity index (χ1v) is 6.56. The number of benzene rings is 2. The van der Waals surface area contributed by atoms with Gasteiger partial charge in [-0.1, -0.05) is 41.7 Å². The predicted octanol–water partition coefficient (Wildman–Crippen LogP) is 4.10. The van der Waals surface area contributed by atoms with Crippen molar-refractivity contribution in [3.63, 3.8) is 0 Å². The van der Waals surface area contributed by atoms with Gasteiger partial charge in [-0.05, 0) is 18.2 Å². The Morgan fingerprint density at radius 1 is 1.00 bits per heavy atom. The SMILES string of the molecule is S=c1c(-c2cccc3[nH]nnc23)coc2ccccc12. The number of hydrogen-bond acceptors (Lipinski definition) is 4. The van der Waals surface area contributed by atoms with E-state index in [1.54, 1.807) is 6.26 Å². The molecular formula is C15H9N3OS. The molecule has 4 aromatic rings. The Hall–Kier alpha value is -2.53. The second-order valence-corrected chi connectivity index (χ2v) is 4.90. The van der Waals surface area contributed by atoms with Crippen molar-refractivity contribution in [3.05, 3.63) is 53.2 Å². The van der Waals surface area contributed by atoms with Crippen LogP contribution in [0.1, 0.15) is 0 Å². The highest BCUT2D eigenvalue weighted by Crippen LogP contribution is 2.30. The minimum Gasteiger partial charge on any atom is -0.464 e. The van der Waals surface area contributed by atoms with Gasteiger partial charge in [0.1, 0.15) is 17.4 Å². The zero-order valence-corrected chi connectivity index (χ0v) is 11.1. The van der Waals surface area contributed by atoms with Crippen LogP contribution in [0.5, 0.6) is 0 Å². The van der Waals surface area contributed by atoms with Gasteiger partial charge in [0, 0.05) is 16.5 Å². The summed E-state index contributed by atoms with van der Waals surface area (Å²) in [6.45, 7) is 0. The molecule has 2 aromatic carbocycles. The molecule has 4 nitrogen and oxygen atoms in total. The molecule has 0 aliphatic carbocycles. The number of rotatable bonds is 1. The van der Waals surface area contributed by atoms with E-state index in [-0.39, 0.29) is 0 Å². The van der Waals surface area contributed by atoms with Crippen molar-refractivity contribution in [1.82, 2.24) is 15.4 Å². The first-order chi connectivity index (χ1) is 9.84. The maximum Gasteiger partial charge on any atom is 0.135 e. The topological polar surface area (TPSA) is 54.7 Å². The van der Waals surface area contributed by atoms with Crippen LogP contribution in [0, 0.1) is 4.51 Å². The molecule has 20 heavy (non-hydrogen) atoms. The van der Waals surface area contributed by atoms with Crippen molar-refractivity contribution in [3.8, 4) is 11.1 Å². The lowest BCUT2D eigenvalue weighted by molar-refractivity contribution is 0.605. The molecule has 0 spiro atoms. The van der Waals surface area contributed by atoms with Gasteiger partial charge in [-0.3, -0.25) is 5.10 Å². The highest BCUT2D eigenvalue weighted by molar-refractivity contribution is 7.71. The molecule has 5 heteroatoms. The number of nitrogens with one attached hydrogen (secondary N) is 1. The highest BCUT2D eigenvalue weighted by Gasteiger charge is 2.11. The lowest BCUT2D eigenvalue weighted by atomic mass is 10.0. The van der Waals surface area contributed by atoms with Crippen molar-refractivity contribution in [2.45, 2.75) is 0 Å². The Balaban J connectivity index is 2.10. The summed E-state index contributed by atoms with van der Waals surface area (Å²) in [6, 6.07) is 13.6. The largest absolute Gasteiger partial charge is 0.464 e. The maximum atomic E-state index is 5.68. The number of aromatic amines is 1. The lowest BCUT2D eigenvalue weighted by Gasteiger charge is -2.04. The number of fused-ring (bicyclic) bond motifs is 2. The summed E-state index contributed by atoms with van der Waals surface area (Å²) >= 11 is 5.59. The van der Waals surface area contributed by atoms with E-state index >= 15 is 0 Å². The fourth-order valence-electron chi connectivity index (χ4n) is 2.35. The molecule has 0 saturated heterocycles. The third kappa shape index (κ3) is 1.57. The Bertz CT molecular complexity index is 987. The van der Waals surface area contributed by atoms with Crippen molar-refractivity contribution in [2.75, 3.05) is 0 Å². The summed E-state index contributed by atoms with van der Waals surface area (Å²) in [4.78, 5) is 0. The normalized spacial score (nSPS) is 11.2. The molecule has 0 unspecified atom stereocenters. The van der Waals surface area contributed by atoms with Crippen molar-refractivity contribution < 1.29 is 4.42 Å². The van der Waals surface area contributed by atoms with E-state index in [2.05, 4.69) is 15.4 Å². The van der Waals surface area contributed by atoms with Crippen LogP contribution < -0.4 is 0 Å². The van der Waals surface area contributed by atoms with Crippen LogP contribution in [-0.2, 0) is 0 Å². The first-order valence-electron chi connectivity index (χ1n) is 6.15. The second-order valence-electron chi connectivity index (χ2n) is 4.49. The molecule has 0 aliphatic rings. The number of aromatic nitrogens is 3. The van der Waals surface area contributed by atoms with Crippen molar-refractivity contribution in [1.29, 1.82) is 0 Å². The fourth-order valence-corrected chi connectivity index (χ4v) is 2.68. The molecule has 0 atom stereocenters. The van der Waals surface area contributed by atoms with Gasteiger partial charge in [0.25, 0.3) is 0 Å². The smallest absolute Gasteiger partial charge is 0.135 e. The van der Waals surface area contributed by atoms with Gasteiger partial charge in [-0.2, -0.15) is 0 Å². The third-order valence-electron chi connectivity index (χ3n) is 3.33. The van der Waals surface area contributed by atoms with E-state index in [1.807, 2.05) is 42.5 Å². The van der Waals surface area contributed by atoms with Gasteiger partial charge in [0.15, 0.2) is 0 Å². The van der Waals surface area contributed by atoms with Crippen LogP contribution in [0.25, 0.3) is 33.1 Å². The van der Waals surface area contributed by atoms with E-state index in [9.17, 15) is 0 Å². The van der Waals surface area contributed by atoms with Crippen LogP contribution in [0.15, 0.2) is 53.1 Å². The summed E-state index contributed by atoms with van der Waals surface area (Å²) in [5, 5.41) is 11.8. The van der Waals surface area contributed by atoms with Gasteiger partial charge < -0.3 is 4.42 Å². The highest BCUT2D eigenvalue weighted by atomic mass is 32.1. The van der Waals surface area contributed by atoms with Gasteiger partial charge in [-0.25, -0.2) is 0 Å². The van der Waals surface area contributed by atoms with Gasteiger partial charge >= 0.3 is 0 Å². The predicted molar refractivity (Wildman–Crippen MR) is 79.9 cm³/mol. The zero-order valence-electron chi connectivity index (χ0n) is 10.3. The Labute approximate surface area is 119 Å². The fraction of sp³-hybridized carbons (Fsp3) is 0. The molecule has 0 radical (unpaired) electrons. The number of hydrogen-bond donors (Lipinski definition) is 1. The van der Waals surface area contributed by atoms with Crippen LogP contribution in [0.3, 0.4) is 0 Å². The first kappa shape index (κ1) is 11.3. The van der Waals surface area contributed by atoms with Gasteiger partial charge in [-0.15, -0.1) is 5.10 Å². The maximum absolute atomic E-state index is 5.68.